The molecule has 5 heteroatoms. The monoisotopic (exact) mass is 269 g/mol. The zero-order valence-electron chi connectivity index (χ0n) is 11.2. The molecular weight excluding hydrogens is 250 g/mol. The number of aromatic carboxylic acids is 1. The van der Waals surface area contributed by atoms with Crippen molar-refractivity contribution >= 4 is 28.2 Å². The van der Waals surface area contributed by atoms with Gasteiger partial charge in [-0.05, 0) is 25.3 Å². The van der Waals surface area contributed by atoms with Crippen LogP contribution in [0.25, 0.3) is 0 Å². The molecule has 1 amide bonds. The molecule has 18 heavy (non-hydrogen) atoms. The second-order valence-corrected chi connectivity index (χ2v) is 5.52. The van der Waals surface area contributed by atoms with Gasteiger partial charge < -0.3 is 10.4 Å². The van der Waals surface area contributed by atoms with Crippen LogP contribution in [0.5, 0.6) is 0 Å². The van der Waals surface area contributed by atoms with Crippen molar-refractivity contribution in [1.29, 1.82) is 0 Å². The third-order valence-corrected chi connectivity index (χ3v) is 4.14. The summed E-state index contributed by atoms with van der Waals surface area (Å²) in [7, 11) is 0. The number of carbonyl (C=O) groups is 2. The Balaban J connectivity index is 3.10. The molecule has 0 saturated carbocycles. The van der Waals surface area contributed by atoms with Crippen LogP contribution < -0.4 is 5.32 Å². The van der Waals surface area contributed by atoms with Crippen LogP contribution in [0.2, 0.25) is 0 Å². The van der Waals surface area contributed by atoms with E-state index in [-0.39, 0.29) is 17.4 Å². The topological polar surface area (TPSA) is 66.4 Å². The van der Waals surface area contributed by atoms with Crippen molar-refractivity contribution in [2.45, 2.75) is 40.5 Å². The SMILES string of the molecule is CCc1c(C)sc(NC(=O)C(C)CC)c1C(=O)O. The largest absolute Gasteiger partial charge is 0.478 e. The molecule has 0 saturated heterocycles. The van der Waals surface area contributed by atoms with Crippen LogP contribution in [0, 0.1) is 12.8 Å². The van der Waals surface area contributed by atoms with E-state index in [4.69, 9.17) is 0 Å². The highest BCUT2D eigenvalue weighted by molar-refractivity contribution is 7.16. The van der Waals surface area contributed by atoms with E-state index >= 15 is 0 Å². The Bertz CT molecular complexity index is 465. The first-order valence-corrected chi connectivity index (χ1v) is 6.90. The molecule has 2 N–H and O–H groups in total. The zero-order chi connectivity index (χ0) is 13.9. The lowest BCUT2D eigenvalue weighted by Gasteiger charge is -2.09. The van der Waals surface area contributed by atoms with Crippen molar-refractivity contribution in [3.8, 4) is 0 Å². The third-order valence-electron chi connectivity index (χ3n) is 3.07. The molecule has 1 atom stereocenters. The van der Waals surface area contributed by atoms with Crippen LogP contribution in [0.1, 0.15) is 48.0 Å². The fourth-order valence-corrected chi connectivity index (χ4v) is 2.88. The number of rotatable bonds is 5. The molecule has 1 unspecified atom stereocenters. The van der Waals surface area contributed by atoms with Gasteiger partial charge >= 0.3 is 5.97 Å². The van der Waals surface area contributed by atoms with Gasteiger partial charge in [-0.15, -0.1) is 11.3 Å². The Labute approximate surface area is 111 Å². The maximum atomic E-state index is 11.8. The number of amides is 1. The lowest BCUT2D eigenvalue weighted by atomic mass is 10.1. The highest BCUT2D eigenvalue weighted by Gasteiger charge is 2.22. The number of nitrogens with one attached hydrogen (secondary N) is 1. The number of anilines is 1. The molecule has 1 heterocycles. The molecular formula is C13H19NO3S. The number of carbonyl (C=O) groups excluding carboxylic acids is 1. The smallest absolute Gasteiger partial charge is 0.339 e. The summed E-state index contributed by atoms with van der Waals surface area (Å²) >= 11 is 1.34. The molecule has 4 nitrogen and oxygen atoms in total. The molecule has 0 aliphatic carbocycles. The molecule has 0 aliphatic rings. The predicted octanol–water partition coefficient (Wildman–Crippen LogP) is 3.30. The van der Waals surface area contributed by atoms with Crippen molar-refractivity contribution in [2.75, 3.05) is 5.32 Å². The molecule has 0 aromatic carbocycles. The number of hydrogen-bond donors (Lipinski definition) is 2. The maximum Gasteiger partial charge on any atom is 0.339 e. The van der Waals surface area contributed by atoms with Crippen LogP contribution in [-0.4, -0.2) is 17.0 Å². The van der Waals surface area contributed by atoms with Crippen LogP contribution in [0.15, 0.2) is 0 Å². The molecule has 0 fully saturated rings. The molecule has 1 aromatic rings. The minimum absolute atomic E-state index is 0.112. The number of aryl methyl sites for hydroxylation is 1. The van der Waals surface area contributed by atoms with Crippen molar-refractivity contribution in [1.82, 2.24) is 0 Å². The molecule has 0 spiro atoms. The summed E-state index contributed by atoms with van der Waals surface area (Å²) in [6.45, 7) is 7.56. The molecule has 100 valence electrons. The van der Waals surface area contributed by atoms with Crippen LogP contribution >= 0.6 is 11.3 Å². The second-order valence-electron chi connectivity index (χ2n) is 4.30. The average molecular weight is 269 g/mol. The fraction of sp³-hybridized carbons (Fsp3) is 0.538. The third kappa shape index (κ3) is 2.90. The summed E-state index contributed by atoms with van der Waals surface area (Å²) in [5.74, 6) is -1.21. The van der Waals surface area contributed by atoms with Crippen molar-refractivity contribution < 1.29 is 14.7 Å². The standard InChI is InChI=1S/C13H19NO3S/c1-5-7(3)11(15)14-12-10(13(16)17)9(6-2)8(4)18-12/h7H,5-6H2,1-4H3,(H,14,15)(H,16,17). The molecule has 0 aliphatic heterocycles. The Hall–Kier alpha value is -1.36. The predicted molar refractivity (Wildman–Crippen MR) is 73.5 cm³/mol. The average Bonchev–Trinajstić information content (AvgIpc) is 2.63. The number of thiophene rings is 1. The molecule has 0 bridgehead atoms. The molecule has 0 radical (unpaired) electrons. The highest BCUT2D eigenvalue weighted by Crippen LogP contribution is 2.33. The van der Waals surface area contributed by atoms with E-state index in [9.17, 15) is 14.7 Å². The minimum Gasteiger partial charge on any atom is -0.478 e. The lowest BCUT2D eigenvalue weighted by Crippen LogP contribution is -2.20. The van der Waals surface area contributed by atoms with E-state index in [2.05, 4.69) is 5.32 Å². The Morgan fingerprint density at radius 2 is 2.00 bits per heavy atom. The first kappa shape index (κ1) is 14.7. The van der Waals surface area contributed by atoms with Gasteiger partial charge in [-0.1, -0.05) is 20.8 Å². The van der Waals surface area contributed by atoms with Gasteiger partial charge in [0.25, 0.3) is 0 Å². The van der Waals surface area contributed by atoms with E-state index < -0.39 is 5.97 Å². The Morgan fingerprint density at radius 3 is 2.44 bits per heavy atom. The summed E-state index contributed by atoms with van der Waals surface area (Å²) in [4.78, 5) is 24.1. The molecule has 1 rings (SSSR count). The maximum absolute atomic E-state index is 11.8. The van der Waals surface area contributed by atoms with E-state index in [0.29, 0.717) is 11.4 Å². The van der Waals surface area contributed by atoms with Gasteiger partial charge in [0.15, 0.2) is 0 Å². The summed E-state index contributed by atoms with van der Waals surface area (Å²) in [5, 5.41) is 12.5. The quantitative estimate of drug-likeness (QED) is 0.861. The molecule has 1 aromatic heterocycles. The van der Waals surface area contributed by atoms with Crippen molar-refractivity contribution in [3.05, 3.63) is 16.0 Å². The summed E-state index contributed by atoms with van der Waals surface area (Å²) in [6, 6.07) is 0. The van der Waals surface area contributed by atoms with Crippen LogP contribution in [0.4, 0.5) is 5.00 Å². The van der Waals surface area contributed by atoms with Gasteiger partial charge in [-0.25, -0.2) is 4.79 Å². The number of carboxylic acids is 1. The van der Waals surface area contributed by atoms with Crippen molar-refractivity contribution in [2.24, 2.45) is 5.92 Å². The van der Waals surface area contributed by atoms with Gasteiger partial charge in [0.2, 0.25) is 5.91 Å². The van der Waals surface area contributed by atoms with Gasteiger partial charge in [-0.3, -0.25) is 4.79 Å². The minimum atomic E-state index is -0.976. The first-order valence-electron chi connectivity index (χ1n) is 6.08. The fourth-order valence-electron chi connectivity index (χ4n) is 1.74. The summed E-state index contributed by atoms with van der Waals surface area (Å²) in [5.41, 5.74) is 1.06. The summed E-state index contributed by atoms with van der Waals surface area (Å²) < 4.78 is 0. The normalized spacial score (nSPS) is 12.2. The first-order chi connectivity index (χ1) is 8.42. The van der Waals surface area contributed by atoms with Gasteiger partial charge in [0, 0.05) is 10.8 Å². The van der Waals surface area contributed by atoms with E-state index in [0.717, 1.165) is 16.9 Å². The van der Waals surface area contributed by atoms with E-state index in [1.807, 2.05) is 27.7 Å². The highest BCUT2D eigenvalue weighted by atomic mass is 32.1. The van der Waals surface area contributed by atoms with Gasteiger partial charge in [-0.2, -0.15) is 0 Å². The zero-order valence-corrected chi connectivity index (χ0v) is 12.0. The second kappa shape index (κ2) is 6.00. The number of carboxylic acid groups (broad SMARTS) is 1. The van der Waals surface area contributed by atoms with Crippen molar-refractivity contribution in [3.63, 3.8) is 0 Å². The summed E-state index contributed by atoms with van der Waals surface area (Å²) in [6.07, 6.45) is 1.39. The van der Waals surface area contributed by atoms with Gasteiger partial charge in [0.1, 0.15) is 5.00 Å². The van der Waals surface area contributed by atoms with E-state index in [1.54, 1.807) is 0 Å². The van der Waals surface area contributed by atoms with Crippen LogP contribution in [-0.2, 0) is 11.2 Å². The number of hydrogen-bond acceptors (Lipinski definition) is 3. The Kier molecular flexibility index (Phi) is 4.90. The van der Waals surface area contributed by atoms with Crippen LogP contribution in [0.3, 0.4) is 0 Å². The Morgan fingerprint density at radius 1 is 1.39 bits per heavy atom. The van der Waals surface area contributed by atoms with E-state index in [1.165, 1.54) is 11.3 Å². The lowest BCUT2D eigenvalue weighted by molar-refractivity contribution is -0.119. The van der Waals surface area contributed by atoms with Gasteiger partial charge in [0.05, 0.1) is 5.56 Å².